The molecule has 1 heterocycles. The summed E-state index contributed by atoms with van der Waals surface area (Å²) in [5.41, 5.74) is 0.662. The second-order valence-corrected chi connectivity index (χ2v) is 4.41. The molecule has 1 N–H and O–H groups in total. The van der Waals surface area contributed by atoms with Gasteiger partial charge in [0.05, 0.1) is 5.69 Å². The number of pyridine rings is 1. The van der Waals surface area contributed by atoms with Crippen LogP contribution in [0.15, 0.2) is 18.3 Å². The Bertz CT molecular complexity index is 367. The van der Waals surface area contributed by atoms with Crippen molar-refractivity contribution in [3.63, 3.8) is 0 Å². The minimum Gasteiger partial charge on any atom is -0.484 e. The first kappa shape index (κ1) is 14.8. The monoisotopic (exact) mass is 262 g/mol. The van der Waals surface area contributed by atoms with Crippen molar-refractivity contribution in [3.8, 4) is 5.75 Å². The third-order valence-electron chi connectivity index (χ3n) is 2.05. The van der Waals surface area contributed by atoms with Crippen molar-refractivity contribution < 1.29 is 17.9 Å². The van der Waals surface area contributed by atoms with E-state index in [1.165, 1.54) is 18.3 Å². The van der Waals surface area contributed by atoms with Gasteiger partial charge in [-0.3, -0.25) is 4.98 Å². The van der Waals surface area contributed by atoms with Gasteiger partial charge in [-0.05, 0) is 18.5 Å². The van der Waals surface area contributed by atoms with Gasteiger partial charge in [0.2, 0.25) is 0 Å². The van der Waals surface area contributed by atoms with Crippen molar-refractivity contribution in [2.24, 2.45) is 5.92 Å². The number of hydrogen-bond acceptors (Lipinski definition) is 3. The highest BCUT2D eigenvalue weighted by Gasteiger charge is 2.28. The molecule has 0 fully saturated rings. The summed E-state index contributed by atoms with van der Waals surface area (Å²) in [4.78, 5) is 4.06. The second-order valence-electron chi connectivity index (χ2n) is 4.41. The van der Waals surface area contributed by atoms with Crippen LogP contribution in [-0.2, 0) is 6.54 Å². The van der Waals surface area contributed by atoms with Crippen molar-refractivity contribution in [2.45, 2.75) is 26.6 Å². The minimum atomic E-state index is -4.32. The summed E-state index contributed by atoms with van der Waals surface area (Å²) in [7, 11) is 0. The molecular formula is C12H17F3N2O. The Morgan fingerprint density at radius 3 is 2.72 bits per heavy atom. The van der Waals surface area contributed by atoms with Gasteiger partial charge in [0.25, 0.3) is 0 Å². The normalized spacial score (nSPS) is 11.9. The fraction of sp³-hybridized carbons (Fsp3) is 0.583. The van der Waals surface area contributed by atoms with Crippen LogP contribution in [-0.4, -0.2) is 24.3 Å². The molecule has 0 radical (unpaired) electrons. The summed E-state index contributed by atoms with van der Waals surface area (Å²) < 4.78 is 40.6. The van der Waals surface area contributed by atoms with Gasteiger partial charge in [0.15, 0.2) is 6.61 Å². The van der Waals surface area contributed by atoms with E-state index in [-0.39, 0.29) is 5.75 Å². The zero-order valence-corrected chi connectivity index (χ0v) is 10.4. The van der Waals surface area contributed by atoms with Gasteiger partial charge in [-0.1, -0.05) is 13.8 Å². The van der Waals surface area contributed by atoms with Crippen molar-refractivity contribution in [3.05, 3.63) is 24.0 Å². The van der Waals surface area contributed by atoms with E-state index in [1.807, 2.05) is 0 Å². The van der Waals surface area contributed by atoms with Gasteiger partial charge >= 0.3 is 6.18 Å². The van der Waals surface area contributed by atoms with E-state index in [0.29, 0.717) is 18.2 Å². The Balaban J connectivity index is 2.46. The summed E-state index contributed by atoms with van der Waals surface area (Å²) in [6.07, 6.45) is -2.88. The topological polar surface area (TPSA) is 34.1 Å². The van der Waals surface area contributed by atoms with Gasteiger partial charge in [0, 0.05) is 18.8 Å². The molecule has 0 aliphatic heterocycles. The van der Waals surface area contributed by atoms with Crippen molar-refractivity contribution in [1.82, 2.24) is 10.3 Å². The van der Waals surface area contributed by atoms with E-state index in [2.05, 4.69) is 28.9 Å². The Morgan fingerprint density at radius 1 is 1.39 bits per heavy atom. The molecule has 0 aromatic carbocycles. The first-order valence-corrected chi connectivity index (χ1v) is 5.72. The van der Waals surface area contributed by atoms with Crippen molar-refractivity contribution in [2.75, 3.05) is 13.2 Å². The number of aromatic nitrogens is 1. The fourth-order valence-electron chi connectivity index (χ4n) is 1.30. The summed E-state index contributed by atoms with van der Waals surface area (Å²) in [5.74, 6) is 0.693. The molecule has 0 saturated heterocycles. The summed E-state index contributed by atoms with van der Waals surface area (Å²) in [6, 6.07) is 2.93. The second kappa shape index (κ2) is 6.58. The molecular weight excluding hydrogens is 245 g/mol. The smallest absolute Gasteiger partial charge is 0.422 e. The van der Waals surface area contributed by atoms with Gasteiger partial charge in [-0.15, -0.1) is 0 Å². The van der Waals surface area contributed by atoms with E-state index < -0.39 is 12.8 Å². The van der Waals surface area contributed by atoms with Gasteiger partial charge in [0.1, 0.15) is 5.75 Å². The molecule has 1 aromatic rings. The molecule has 0 saturated carbocycles. The van der Waals surface area contributed by atoms with Crippen LogP contribution in [0.3, 0.4) is 0 Å². The van der Waals surface area contributed by atoms with Crippen LogP contribution in [0.1, 0.15) is 19.5 Å². The number of hydrogen-bond donors (Lipinski definition) is 1. The highest BCUT2D eigenvalue weighted by Crippen LogP contribution is 2.18. The van der Waals surface area contributed by atoms with E-state index in [4.69, 9.17) is 0 Å². The van der Waals surface area contributed by atoms with E-state index in [1.54, 1.807) is 0 Å². The zero-order valence-electron chi connectivity index (χ0n) is 10.4. The molecule has 1 aromatic heterocycles. The molecule has 0 atom stereocenters. The standard InChI is InChI=1S/C12H17F3N2O/c1-9(2)6-16-7-10-5-11(3-4-17-10)18-8-12(13,14)15/h3-5,9,16H,6-8H2,1-2H3. The Morgan fingerprint density at radius 2 is 2.11 bits per heavy atom. The van der Waals surface area contributed by atoms with Crippen LogP contribution in [0.25, 0.3) is 0 Å². The molecule has 0 unspecified atom stereocenters. The highest BCUT2D eigenvalue weighted by molar-refractivity contribution is 5.22. The summed E-state index contributed by atoms with van der Waals surface area (Å²) >= 11 is 0. The SMILES string of the molecule is CC(C)CNCc1cc(OCC(F)(F)F)ccn1. The Labute approximate surface area is 104 Å². The van der Waals surface area contributed by atoms with Crippen molar-refractivity contribution in [1.29, 1.82) is 0 Å². The first-order chi connectivity index (χ1) is 8.37. The van der Waals surface area contributed by atoms with Crippen LogP contribution in [0, 0.1) is 5.92 Å². The van der Waals surface area contributed by atoms with Gasteiger partial charge in [-0.25, -0.2) is 0 Å². The molecule has 3 nitrogen and oxygen atoms in total. The van der Waals surface area contributed by atoms with E-state index in [0.717, 1.165) is 6.54 Å². The lowest BCUT2D eigenvalue weighted by Gasteiger charge is -2.10. The molecule has 18 heavy (non-hydrogen) atoms. The molecule has 0 amide bonds. The largest absolute Gasteiger partial charge is 0.484 e. The van der Waals surface area contributed by atoms with Crippen LogP contribution < -0.4 is 10.1 Å². The van der Waals surface area contributed by atoms with Crippen LogP contribution >= 0.6 is 0 Å². The molecule has 0 aliphatic carbocycles. The predicted octanol–water partition coefficient (Wildman–Crippen LogP) is 2.77. The Hall–Kier alpha value is -1.30. The molecule has 0 bridgehead atoms. The zero-order chi connectivity index (χ0) is 13.6. The lowest BCUT2D eigenvalue weighted by Crippen LogP contribution is -2.20. The number of alkyl halides is 3. The van der Waals surface area contributed by atoms with E-state index in [9.17, 15) is 13.2 Å². The Kier molecular flexibility index (Phi) is 5.40. The number of rotatable bonds is 6. The minimum absolute atomic E-state index is 0.184. The molecule has 0 aliphatic rings. The third-order valence-corrected chi connectivity index (χ3v) is 2.05. The molecule has 1 rings (SSSR count). The predicted molar refractivity (Wildman–Crippen MR) is 62.3 cm³/mol. The third kappa shape index (κ3) is 6.44. The lowest BCUT2D eigenvalue weighted by molar-refractivity contribution is -0.153. The number of nitrogens with one attached hydrogen (secondary N) is 1. The summed E-state index contributed by atoms with van der Waals surface area (Å²) in [5, 5.41) is 3.16. The first-order valence-electron chi connectivity index (χ1n) is 5.72. The number of halogens is 3. The van der Waals surface area contributed by atoms with E-state index >= 15 is 0 Å². The average molecular weight is 262 g/mol. The fourth-order valence-corrected chi connectivity index (χ4v) is 1.30. The molecule has 0 spiro atoms. The highest BCUT2D eigenvalue weighted by atomic mass is 19.4. The maximum atomic E-state index is 12.0. The van der Waals surface area contributed by atoms with Crippen LogP contribution in [0.4, 0.5) is 13.2 Å². The maximum Gasteiger partial charge on any atom is 0.422 e. The lowest BCUT2D eigenvalue weighted by atomic mass is 10.2. The average Bonchev–Trinajstić information content (AvgIpc) is 2.26. The van der Waals surface area contributed by atoms with Crippen molar-refractivity contribution >= 4 is 0 Å². The summed E-state index contributed by atoms with van der Waals surface area (Å²) in [6.45, 7) is 4.21. The van der Waals surface area contributed by atoms with Gasteiger partial charge in [-0.2, -0.15) is 13.2 Å². The van der Waals surface area contributed by atoms with Crippen LogP contribution in [0.2, 0.25) is 0 Å². The van der Waals surface area contributed by atoms with Gasteiger partial charge < -0.3 is 10.1 Å². The number of nitrogens with zero attached hydrogens (tertiary/aromatic N) is 1. The quantitative estimate of drug-likeness (QED) is 0.856. The molecule has 6 heteroatoms. The van der Waals surface area contributed by atoms with Crippen LogP contribution in [0.5, 0.6) is 5.75 Å². The number of ether oxygens (including phenoxy) is 1. The maximum absolute atomic E-state index is 12.0. The molecule has 102 valence electrons.